The first-order chi connectivity index (χ1) is 11.2. The molecular formula is C17H24N6. The van der Waals surface area contributed by atoms with E-state index in [1.54, 1.807) is 24.7 Å². The van der Waals surface area contributed by atoms with Crippen molar-refractivity contribution < 1.29 is 0 Å². The smallest absolute Gasteiger partial charge is 0.228 e. The Kier molecular flexibility index (Phi) is 5.12. The zero-order valence-electron chi connectivity index (χ0n) is 13.8. The number of hydrogen-bond donors (Lipinski definition) is 1. The Labute approximate surface area is 137 Å². The van der Waals surface area contributed by atoms with Gasteiger partial charge in [0.2, 0.25) is 5.95 Å². The van der Waals surface area contributed by atoms with Gasteiger partial charge in [0.05, 0.1) is 18.1 Å². The van der Waals surface area contributed by atoms with Crippen molar-refractivity contribution in [3.05, 3.63) is 36.5 Å². The molecule has 0 amide bonds. The molecule has 3 heterocycles. The van der Waals surface area contributed by atoms with E-state index in [0.29, 0.717) is 17.8 Å². The Morgan fingerprint density at radius 1 is 1.09 bits per heavy atom. The predicted molar refractivity (Wildman–Crippen MR) is 90.5 cm³/mol. The molecule has 0 bridgehead atoms. The van der Waals surface area contributed by atoms with Gasteiger partial charge in [0.25, 0.3) is 0 Å². The molecule has 6 nitrogen and oxygen atoms in total. The maximum absolute atomic E-state index is 4.53. The molecule has 0 saturated carbocycles. The van der Waals surface area contributed by atoms with Crippen LogP contribution in [-0.2, 0) is 6.42 Å². The van der Waals surface area contributed by atoms with Gasteiger partial charge in [0, 0.05) is 18.4 Å². The second-order valence-electron chi connectivity index (χ2n) is 6.37. The number of hydrogen-bond acceptors (Lipinski definition) is 6. The third kappa shape index (κ3) is 4.45. The van der Waals surface area contributed by atoms with Crippen LogP contribution in [0, 0.1) is 5.92 Å². The van der Waals surface area contributed by atoms with Crippen LogP contribution in [0.2, 0.25) is 0 Å². The Bertz CT molecular complexity index is 590. The van der Waals surface area contributed by atoms with E-state index in [1.807, 2.05) is 6.20 Å². The van der Waals surface area contributed by atoms with Crippen molar-refractivity contribution in [1.82, 2.24) is 24.8 Å². The zero-order valence-corrected chi connectivity index (χ0v) is 13.8. The topological polar surface area (TPSA) is 66.8 Å². The average molecular weight is 312 g/mol. The second kappa shape index (κ2) is 7.46. The quantitative estimate of drug-likeness (QED) is 0.915. The summed E-state index contributed by atoms with van der Waals surface area (Å²) in [5.74, 6) is 1.93. The highest BCUT2D eigenvalue weighted by atomic mass is 15.2. The van der Waals surface area contributed by atoms with E-state index < -0.39 is 0 Å². The number of aromatic nitrogens is 4. The minimum Gasteiger partial charge on any atom is -0.307 e. The molecule has 3 rings (SSSR count). The number of anilines is 2. The summed E-state index contributed by atoms with van der Waals surface area (Å²) in [7, 11) is 0. The Balaban J connectivity index is 1.52. The van der Waals surface area contributed by atoms with Crippen molar-refractivity contribution in [3.63, 3.8) is 0 Å². The van der Waals surface area contributed by atoms with Gasteiger partial charge in [-0.05, 0) is 58.2 Å². The fourth-order valence-electron chi connectivity index (χ4n) is 2.97. The molecule has 1 aliphatic rings. The molecule has 2 aromatic rings. The maximum Gasteiger partial charge on any atom is 0.228 e. The first kappa shape index (κ1) is 15.8. The third-order valence-electron chi connectivity index (χ3n) is 4.39. The first-order valence-corrected chi connectivity index (χ1v) is 8.29. The minimum absolute atomic E-state index is 0.538. The molecule has 1 aliphatic heterocycles. The molecule has 0 atom stereocenters. The highest BCUT2D eigenvalue weighted by molar-refractivity contribution is 5.45. The molecule has 23 heavy (non-hydrogen) atoms. The molecule has 6 heteroatoms. The summed E-state index contributed by atoms with van der Waals surface area (Å²) >= 11 is 0. The van der Waals surface area contributed by atoms with E-state index in [4.69, 9.17) is 0 Å². The van der Waals surface area contributed by atoms with Crippen molar-refractivity contribution in [3.8, 4) is 0 Å². The second-order valence-corrected chi connectivity index (χ2v) is 6.37. The zero-order chi connectivity index (χ0) is 16.1. The minimum atomic E-state index is 0.538. The van der Waals surface area contributed by atoms with E-state index in [9.17, 15) is 0 Å². The van der Waals surface area contributed by atoms with Crippen LogP contribution < -0.4 is 5.32 Å². The van der Waals surface area contributed by atoms with Crippen molar-refractivity contribution in [2.75, 3.05) is 18.4 Å². The third-order valence-corrected chi connectivity index (χ3v) is 4.39. The maximum atomic E-state index is 4.53. The summed E-state index contributed by atoms with van der Waals surface area (Å²) in [5, 5.41) is 3.05. The summed E-state index contributed by atoms with van der Waals surface area (Å²) in [5.41, 5.74) is 1.06. The normalized spacial score (nSPS) is 16.7. The summed E-state index contributed by atoms with van der Waals surface area (Å²) in [6, 6.07) is 2.44. The van der Waals surface area contributed by atoms with Gasteiger partial charge in [-0.2, -0.15) is 0 Å². The van der Waals surface area contributed by atoms with Gasteiger partial charge < -0.3 is 10.2 Å². The summed E-state index contributed by atoms with van der Waals surface area (Å²) < 4.78 is 0. The summed E-state index contributed by atoms with van der Waals surface area (Å²) in [6.45, 7) is 6.93. The van der Waals surface area contributed by atoms with E-state index in [1.165, 1.54) is 25.9 Å². The van der Waals surface area contributed by atoms with Gasteiger partial charge >= 0.3 is 0 Å². The highest BCUT2D eigenvalue weighted by Gasteiger charge is 2.21. The summed E-state index contributed by atoms with van der Waals surface area (Å²) in [6.07, 6.45) is 10.5. The monoisotopic (exact) mass is 312 g/mol. The first-order valence-electron chi connectivity index (χ1n) is 8.29. The lowest BCUT2D eigenvalue weighted by Crippen LogP contribution is -2.38. The van der Waals surface area contributed by atoms with Crippen LogP contribution in [0.25, 0.3) is 0 Å². The molecule has 2 aromatic heterocycles. The van der Waals surface area contributed by atoms with Gasteiger partial charge in [0.1, 0.15) is 0 Å². The summed E-state index contributed by atoms with van der Waals surface area (Å²) in [4.78, 5) is 19.7. The van der Waals surface area contributed by atoms with Gasteiger partial charge in [-0.3, -0.25) is 4.98 Å². The van der Waals surface area contributed by atoms with Gasteiger partial charge in [-0.25, -0.2) is 15.0 Å². The predicted octanol–water partition coefficient (Wildman–Crippen LogP) is 2.67. The standard InChI is InChI=1S/C17H24N6/c1-13(2)23-8-4-14(5-9-23)10-15-11-21-16(12-20-15)22-17-18-6-3-7-19-17/h3,6-7,11-14H,4-5,8-10H2,1-2H3,(H,18,19,21,22). The van der Waals surface area contributed by atoms with Crippen LogP contribution in [-0.4, -0.2) is 44.0 Å². The van der Waals surface area contributed by atoms with Gasteiger partial charge in [0.15, 0.2) is 5.82 Å². The van der Waals surface area contributed by atoms with E-state index >= 15 is 0 Å². The average Bonchev–Trinajstić information content (AvgIpc) is 2.58. The fraction of sp³-hybridized carbons (Fsp3) is 0.529. The van der Waals surface area contributed by atoms with E-state index in [-0.39, 0.29) is 0 Å². The Morgan fingerprint density at radius 3 is 2.43 bits per heavy atom. The molecule has 1 N–H and O–H groups in total. The lowest BCUT2D eigenvalue weighted by atomic mass is 9.92. The molecule has 1 saturated heterocycles. The lowest BCUT2D eigenvalue weighted by Gasteiger charge is -2.34. The molecule has 0 aromatic carbocycles. The molecule has 0 spiro atoms. The SMILES string of the molecule is CC(C)N1CCC(Cc2cnc(Nc3ncccn3)cn2)CC1. The highest BCUT2D eigenvalue weighted by Crippen LogP contribution is 2.22. The van der Waals surface area contributed by atoms with E-state index in [0.717, 1.165) is 18.0 Å². The number of nitrogens with zero attached hydrogens (tertiary/aromatic N) is 5. The van der Waals surface area contributed by atoms with Crippen molar-refractivity contribution >= 4 is 11.8 Å². The Hall–Kier alpha value is -2.08. The molecule has 1 fully saturated rings. The number of rotatable bonds is 5. The van der Waals surface area contributed by atoms with Crippen LogP contribution in [0.3, 0.4) is 0 Å². The number of nitrogens with one attached hydrogen (secondary N) is 1. The number of piperidine rings is 1. The molecular weight excluding hydrogens is 288 g/mol. The van der Waals surface area contributed by atoms with E-state index in [2.05, 4.69) is 44.0 Å². The molecule has 0 unspecified atom stereocenters. The van der Waals surface area contributed by atoms with Crippen molar-refractivity contribution in [1.29, 1.82) is 0 Å². The fourth-order valence-corrected chi connectivity index (χ4v) is 2.97. The largest absolute Gasteiger partial charge is 0.307 e. The lowest BCUT2D eigenvalue weighted by molar-refractivity contribution is 0.149. The van der Waals surface area contributed by atoms with Crippen LogP contribution in [0.5, 0.6) is 0 Å². The van der Waals surface area contributed by atoms with Gasteiger partial charge in [-0.15, -0.1) is 0 Å². The van der Waals surface area contributed by atoms with Crippen molar-refractivity contribution in [2.45, 2.75) is 39.2 Å². The molecule has 122 valence electrons. The van der Waals surface area contributed by atoms with Crippen LogP contribution in [0.4, 0.5) is 11.8 Å². The van der Waals surface area contributed by atoms with Gasteiger partial charge in [-0.1, -0.05) is 0 Å². The number of likely N-dealkylation sites (tertiary alicyclic amines) is 1. The molecule has 0 radical (unpaired) electrons. The van der Waals surface area contributed by atoms with Crippen LogP contribution in [0.15, 0.2) is 30.9 Å². The molecule has 0 aliphatic carbocycles. The van der Waals surface area contributed by atoms with Crippen LogP contribution >= 0.6 is 0 Å². The van der Waals surface area contributed by atoms with Crippen LogP contribution in [0.1, 0.15) is 32.4 Å². The van der Waals surface area contributed by atoms with Crippen molar-refractivity contribution in [2.24, 2.45) is 5.92 Å². The Morgan fingerprint density at radius 2 is 1.83 bits per heavy atom.